The lowest BCUT2D eigenvalue weighted by Gasteiger charge is -2.00. The maximum Gasteiger partial charge on any atom is 0.270 e. The Kier molecular flexibility index (Phi) is 3.88. The molecule has 20 heavy (non-hydrogen) atoms. The fourth-order valence-corrected chi connectivity index (χ4v) is 1.69. The summed E-state index contributed by atoms with van der Waals surface area (Å²) in [5, 5.41) is 14.6. The van der Waals surface area contributed by atoms with Gasteiger partial charge in [-0.25, -0.2) is 0 Å². The highest BCUT2D eigenvalue weighted by molar-refractivity contribution is 5.79. The van der Waals surface area contributed by atoms with Crippen LogP contribution in [0.3, 0.4) is 0 Å². The van der Waals surface area contributed by atoms with Gasteiger partial charge >= 0.3 is 0 Å². The third-order valence-electron chi connectivity index (χ3n) is 2.88. The number of ketones is 1. The number of nitro groups is 1. The minimum Gasteiger partial charge on any atom is -0.339 e. The Balaban J connectivity index is 2.34. The van der Waals surface area contributed by atoms with E-state index in [1.165, 1.54) is 12.1 Å². The highest BCUT2D eigenvalue weighted by atomic mass is 16.6. The van der Waals surface area contributed by atoms with Gasteiger partial charge in [-0.3, -0.25) is 14.9 Å². The molecule has 104 valence electrons. The second kappa shape index (κ2) is 5.60. The van der Waals surface area contributed by atoms with Crippen LogP contribution in [0, 0.1) is 17.0 Å². The third kappa shape index (κ3) is 2.87. The molecule has 0 aliphatic carbocycles. The van der Waals surface area contributed by atoms with Crippen molar-refractivity contribution < 1.29 is 14.2 Å². The Labute approximate surface area is 114 Å². The highest BCUT2D eigenvalue weighted by Gasteiger charge is 2.16. The summed E-state index contributed by atoms with van der Waals surface area (Å²) < 4.78 is 5.00. The maximum absolute atomic E-state index is 11.3. The molecule has 0 saturated heterocycles. The fraction of sp³-hybridized carbons (Fsp3) is 0.308. The quantitative estimate of drug-likeness (QED) is 0.614. The van der Waals surface area contributed by atoms with Crippen LogP contribution in [0.25, 0.3) is 11.4 Å². The number of rotatable bonds is 5. The number of non-ortho nitro benzene ring substituents is 1. The van der Waals surface area contributed by atoms with Crippen LogP contribution >= 0.6 is 0 Å². The van der Waals surface area contributed by atoms with Gasteiger partial charge in [-0.05, 0) is 12.5 Å². The largest absolute Gasteiger partial charge is 0.339 e. The van der Waals surface area contributed by atoms with E-state index in [1.54, 1.807) is 19.9 Å². The normalized spacial score (nSPS) is 10.5. The first-order valence-electron chi connectivity index (χ1n) is 6.11. The van der Waals surface area contributed by atoms with E-state index < -0.39 is 4.92 Å². The Hall–Kier alpha value is -2.57. The van der Waals surface area contributed by atoms with E-state index in [1.807, 2.05) is 0 Å². The van der Waals surface area contributed by atoms with Crippen molar-refractivity contribution in [2.24, 2.45) is 0 Å². The van der Waals surface area contributed by atoms with Gasteiger partial charge < -0.3 is 4.52 Å². The lowest BCUT2D eigenvalue weighted by Crippen LogP contribution is -2.00. The summed E-state index contributed by atoms with van der Waals surface area (Å²) in [6.45, 7) is 3.55. The molecule has 0 radical (unpaired) electrons. The minimum atomic E-state index is -0.482. The van der Waals surface area contributed by atoms with Crippen LogP contribution in [0.5, 0.6) is 0 Å². The van der Waals surface area contributed by atoms with Crippen molar-refractivity contribution in [2.45, 2.75) is 26.7 Å². The summed E-state index contributed by atoms with van der Waals surface area (Å²) in [4.78, 5) is 25.7. The number of carbonyl (C=O) groups is 1. The average Bonchev–Trinajstić information content (AvgIpc) is 2.87. The number of nitro benzene ring substituents is 1. The van der Waals surface area contributed by atoms with Gasteiger partial charge in [-0.15, -0.1) is 0 Å². The van der Waals surface area contributed by atoms with Crippen LogP contribution in [0.1, 0.15) is 24.8 Å². The number of hydrogen-bond donors (Lipinski definition) is 0. The lowest BCUT2D eigenvalue weighted by molar-refractivity contribution is -0.384. The molecule has 1 aromatic heterocycles. The van der Waals surface area contributed by atoms with Crippen LogP contribution in [-0.2, 0) is 11.2 Å². The van der Waals surface area contributed by atoms with Crippen LogP contribution in [0.4, 0.5) is 5.69 Å². The van der Waals surface area contributed by atoms with Gasteiger partial charge in [0.2, 0.25) is 11.7 Å². The molecule has 1 aromatic carbocycles. The Morgan fingerprint density at radius 3 is 2.85 bits per heavy atom. The van der Waals surface area contributed by atoms with E-state index in [9.17, 15) is 14.9 Å². The van der Waals surface area contributed by atoms with Crippen molar-refractivity contribution in [1.82, 2.24) is 10.1 Å². The molecule has 7 heteroatoms. The Bertz CT molecular complexity index is 663. The van der Waals surface area contributed by atoms with E-state index in [2.05, 4.69) is 10.1 Å². The molecule has 0 N–H and O–H groups in total. The highest BCUT2D eigenvalue weighted by Crippen LogP contribution is 2.25. The van der Waals surface area contributed by atoms with Gasteiger partial charge in [-0.2, -0.15) is 4.98 Å². The van der Waals surface area contributed by atoms with Gasteiger partial charge in [-0.1, -0.05) is 18.1 Å². The molecule has 0 fully saturated rings. The molecule has 0 bridgehead atoms. The first-order valence-corrected chi connectivity index (χ1v) is 6.11. The maximum atomic E-state index is 11.3. The first-order chi connectivity index (χ1) is 9.51. The van der Waals surface area contributed by atoms with Crippen molar-refractivity contribution in [3.63, 3.8) is 0 Å². The van der Waals surface area contributed by atoms with E-state index in [-0.39, 0.29) is 29.6 Å². The zero-order chi connectivity index (χ0) is 14.7. The van der Waals surface area contributed by atoms with Gasteiger partial charge in [0.15, 0.2) is 0 Å². The molecular weight excluding hydrogens is 262 g/mol. The molecular formula is C13H13N3O4. The number of carbonyl (C=O) groups excluding carboxylic acids is 1. The lowest BCUT2D eigenvalue weighted by atomic mass is 10.1. The molecule has 0 unspecified atom stereocenters. The van der Waals surface area contributed by atoms with Gasteiger partial charge in [0, 0.05) is 24.1 Å². The summed E-state index contributed by atoms with van der Waals surface area (Å²) in [7, 11) is 0. The predicted octanol–water partition coefficient (Wildman–Crippen LogP) is 2.47. The zero-order valence-electron chi connectivity index (χ0n) is 11.1. The number of hydrogen-bond acceptors (Lipinski definition) is 6. The van der Waals surface area contributed by atoms with Crippen LogP contribution in [0.15, 0.2) is 22.7 Å². The van der Waals surface area contributed by atoms with Crippen molar-refractivity contribution >= 4 is 11.5 Å². The van der Waals surface area contributed by atoms with Crippen molar-refractivity contribution in [1.29, 1.82) is 0 Å². The summed E-state index contributed by atoms with van der Waals surface area (Å²) in [6.07, 6.45) is 0.477. The number of Topliss-reactive ketones (excluding diaryl/α,β-unsaturated/α-hetero) is 1. The molecule has 7 nitrogen and oxygen atoms in total. The summed E-state index contributed by atoms with van der Waals surface area (Å²) in [5.41, 5.74) is 1.28. The van der Waals surface area contributed by atoms with E-state index in [0.29, 0.717) is 12.0 Å². The molecule has 2 rings (SSSR count). The molecule has 0 saturated carbocycles. The third-order valence-corrected chi connectivity index (χ3v) is 2.88. The molecule has 0 atom stereocenters. The fourth-order valence-electron chi connectivity index (χ4n) is 1.69. The molecule has 1 heterocycles. The molecule has 0 aliphatic rings. The standard InChI is InChI=1S/C13H13N3O4/c1-3-10(17)7-12-14-13(15-20-12)11-6-9(16(18)19)5-4-8(11)2/h4-6H,3,7H2,1-2H3. The van der Waals surface area contributed by atoms with Crippen molar-refractivity contribution in [2.75, 3.05) is 0 Å². The SMILES string of the molecule is CCC(=O)Cc1nc(-c2cc([N+](=O)[O-])ccc2C)no1. The summed E-state index contributed by atoms with van der Waals surface area (Å²) in [5.74, 6) is 0.471. The molecule has 0 spiro atoms. The summed E-state index contributed by atoms with van der Waals surface area (Å²) in [6, 6.07) is 4.44. The minimum absolute atomic E-state index is 0.00374. The molecule has 2 aromatic rings. The number of benzene rings is 1. The van der Waals surface area contributed by atoms with Crippen LogP contribution in [-0.4, -0.2) is 20.8 Å². The van der Waals surface area contributed by atoms with Crippen LogP contribution < -0.4 is 0 Å². The van der Waals surface area contributed by atoms with Crippen LogP contribution in [0.2, 0.25) is 0 Å². The average molecular weight is 275 g/mol. The topological polar surface area (TPSA) is 99.1 Å². The summed E-state index contributed by atoms with van der Waals surface area (Å²) >= 11 is 0. The van der Waals surface area contributed by atoms with Gasteiger partial charge in [0.25, 0.3) is 5.69 Å². The predicted molar refractivity (Wildman–Crippen MR) is 70.1 cm³/mol. The van der Waals surface area contributed by atoms with Gasteiger partial charge in [0.05, 0.1) is 11.3 Å². The van der Waals surface area contributed by atoms with Crippen molar-refractivity contribution in [3.05, 3.63) is 39.8 Å². The number of nitrogens with zero attached hydrogens (tertiary/aromatic N) is 3. The van der Waals surface area contributed by atoms with Crippen molar-refractivity contribution in [3.8, 4) is 11.4 Å². The van der Waals surface area contributed by atoms with E-state index in [4.69, 9.17) is 4.52 Å². The smallest absolute Gasteiger partial charge is 0.270 e. The second-order valence-electron chi connectivity index (χ2n) is 4.34. The first kappa shape index (κ1) is 13.9. The molecule has 0 aliphatic heterocycles. The number of aromatic nitrogens is 2. The Morgan fingerprint density at radius 1 is 1.45 bits per heavy atom. The molecule has 0 amide bonds. The second-order valence-corrected chi connectivity index (χ2v) is 4.34. The monoisotopic (exact) mass is 275 g/mol. The Morgan fingerprint density at radius 2 is 2.20 bits per heavy atom. The van der Waals surface area contributed by atoms with E-state index in [0.717, 1.165) is 5.56 Å². The van der Waals surface area contributed by atoms with Gasteiger partial charge in [0.1, 0.15) is 5.78 Å². The number of aryl methyl sites for hydroxylation is 1. The van der Waals surface area contributed by atoms with E-state index >= 15 is 0 Å². The zero-order valence-corrected chi connectivity index (χ0v) is 11.1.